The molecule has 0 amide bonds. The number of nitrogens with zero attached hydrogens (tertiary/aromatic N) is 2. The van der Waals surface area contributed by atoms with E-state index in [1.165, 1.54) is 18.3 Å². The van der Waals surface area contributed by atoms with Gasteiger partial charge in [0.2, 0.25) is 0 Å². The van der Waals surface area contributed by atoms with E-state index in [1.54, 1.807) is 20.8 Å². The van der Waals surface area contributed by atoms with Crippen LogP contribution in [0.15, 0.2) is 24.4 Å². The van der Waals surface area contributed by atoms with Crippen LogP contribution >= 0.6 is 0 Å². The lowest BCUT2D eigenvalue weighted by Crippen LogP contribution is -2.25. The molecule has 0 saturated heterocycles. The maximum atomic E-state index is 14.6. The van der Waals surface area contributed by atoms with Crippen LogP contribution in [0.3, 0.4) is 0 Å². The molecule has 0 aliphatic heterocycles. The fourth-order valence-electron chi connectivity index (χ4n) is 3.22. The van der Waals surface area contributed by atoms with Crippen molar-refractivity contribution < 1.29 is 23.1 Å². The summed E-state index contributed by atoms with van der Waals surface area (Å²) in [6, 6.07) is 3.96. The third kappa shape index (κ3) is 4.75. The molecule has 6 nitrogen and oxygen atoms in total. The molecule has 0 spiro atoms. The molecular weight excluding hydrogens is 380 g/mol. The molecule has 0 bridgehead atoms. The van der Waals surface area contributed by atoms with Gasteiger partial charge in [0.15, 0.2) is 12.0 Å². The lowest BCUT2D eigenvalue weighted by molar-refractivity contribution is -0.125. The number of nitrogen functional groups attached to an aromatic ring is 1. The first-order valence-electron chi connectivity index (χ1n) is 9.37. The Morgan fingerprint density at radius 1 is 1.31 bits per heavy atom. The topological polar surface area (TPSA) is 95.2 Å². The average Bonchev–Trinajstić information content (AvgIpc) is 2.63. The highest BCUT2D eigenvalue weighted by Gasteiger charge is 2.30. The van der Waals surface area contributed by atoms with Gasteiger partial charge in [0.1, 0.15) is 22.9 Å². The molecular formula is C21H23F2N3O3. The Hall–Kier alpha value is -2.90. The van der Waals surface area contributed by atoms with Gasteiger partial charge in [0.05, 0.1) is 17.5 Å². The number of ketones is 1. The van der Waals surface area contributed by atoms with Crippen LogP contribution in [-0.2, 0) is 9.53 Å². The van der Waals surface area contributed by atoms with Crippen LogP contribution in [0.4, 0.5) is 14.6 Å². The molecule has 0 radical (unpaired) electrons. The zero-order chi connectivity index (χ0) is 21.3. The van der Waals surface area contributed by atoms with E-state index in [-0.39, 0.29) is 35.8 Å². The van der Waals surface area contributed by atoms with Gasteiger partial charge in [-0.2, -0.15) is 0 Å². The number of nitrogens with two attached hydrogens (primary N) is 1. The highest BCUT2D eigenvalue weighted by Crippen LogP contribution is 2.34. The van der Waals surface area contributed by atoms with Crippen LogP contribution in [0, 0.1) is 5.82 Å². The molecule has 1 aromatic carbocycles. The number of Topliss-reactive ketones (excluding diaryl/α,β-unsaturated/α-hetero) is 1. The maximum absolute atomic E-state index is 14.6. The number of rotatable bonds is 3. The molecule has 2 aromatic rings. The monoisotopic (exact) mass is 403 g/mol. The normalized spacial score (nSPS) is 19.8. The molecule has 1 aliphatic carbocycles. The highest BCUT2D eigenvalue weighted by molar-refractivity contribution is 5.91. The van der Waals surface area contributed by atoms with Gasteiger partial charge < -0.3 is 10.5 Å². The summed E-state index contributed by atoms with van der Waals surface area (Å²) >= 11 is 0. The molecule has 154 valence electrons. The number of hydrogen-bond donors (Lipinski definition) is 1. The Kier molecular flexibility index (Phi) is 5.64. The number of carbonyl (C=O) groups excluding carboxylic acids is 2. The average molecular weight is 403 g/mol. The summed E-state index contributed by atoms with van der Waals surface area (Å²) < 4.78 is 33.6. The molecule has 1 saturated carbocycles. The number of halogens is 2. The molecule has 1 fully saturated rings. The van der Waals surface area contributed by atoms with Crippen LogP contribution in [0.2, 0.25) is 0 Å². The Balaban J connectivity index is 1.90. The minimum Gasteiger partial charge on any atom is -0.456 e. The summed E-state index contributed by atoms with van der Waals surface area (Å²) in [7, 11) is 0. The Morgan fingerprint density at radius 2 is 2.03 bits per heavy atom. The minimum atomic E-state index is -1.51. The maximum Gasteiger partial charge on any atom is 0.341 e. The highest BCUT2D eigenvalue weighted by atomic mass is 19.1. The van der Waals surface area contributed by atoms with E-state index in [2.05, 4.69) is 9.97 Å². The predicted octanol–water partition coefficient (Wildman–Crippen LogP) is 3.99. The van der Waals surface area contributed by atoms with Gasteiger partial charge in [-0.25, -0.2) is 23.5 Å². The van der Waals surface area contributed by atoms with Crippen molar-refractivity contribution >= 4 is 17.6 Å². The van der Waals surface area contributed by atoms with E-state index in [0.717, 1.165) is 6.07 Å². The third-order valence-electron chi connectivity index (χ3n) is 4.68. The van der Waals surface area contributed by atoms with E-state index < -0.39 is 29.3 Å². The number of aromatic nitrogens is 2. The second-order valence-electron chi connectivity index (χ2n) is 8.13. The first-order valence-corrected chi connectivity index (χ1v) is 9.37. The molecule has 8 heteroatoms. The lowest BCUT2D eigenvalue weighted by atomic mass is 9.85. The van der Waals surface area contributed by atoms with Gasteiger partial charge in [-0.3, -0.25) is 4.79 Å². The van der Waals surface area contributed by atoms with Crippen molar-refractivity contribution in [1.82, 2.24) is 9.97 Å². The van der Waals surface area contributed by atoms with Crippen LogP contribution in [0.25, 0.3) is 11.3 Å². The van der Waals surface area contributed by atoms with Crippen LogP contribution in [0.1, 0.15) is 62.0 Å². The van der Waals surface area contributed by atoms with Crippen molar-refractivity contribution in [3.63, 3.8) is 0 Å². The van der Waals surface area contributed by atoms with Gasteiger partial charge in [-0.05, 0) is 45.7 Å². The van der Waals surface area contributed by atoms with E-state index in [0.29, 0.717) is 17.7 Å². The smallest absolute Gasteiger partial charge is 0.341 e. The van der Waals surface area contributed by atoms with Crippen LogP contribution < -0.4 is 5.73 Å². The third-order valence-corrected chi connectivity index (χ3v) is 4.68. The standard InChI is InChI=1S/C21H23F2N3O3/c1-21(2,3)29-20(28)13-6-4-12(9-14(13)22)18-19(24)25-10-16(26-18)11-5-7-17(27)15(23)8-11/h4,6,9-11,15H,5,7-8H2,1-3H3,(H2,24,25). The summed E-state index contributed by atoms with van der Waals surface area (Å²) in [4.78, 5) is 32.1. The number of esters is 1. The quantitative estimate of drug-likeness (QED) is 0.779. The summed E-state index contributed by atoms with van der Waals surface area (Å²) in [6.45, 7) is 5.08. The molecule has 1 aliphatic rings. The lowest BCUT2D eigenvalue weighted by Gasteiger charge is -2.23. The molecule has 1 heterocycles. The van der Waals surface area contributed by atoms with Crippen molar-refractivity contribution in [2.24, 2.45) is 0 Å². The predicted molar refractivity (Wildman–Crippen MR) is 104 cm³/mol. The van der Waals surface area contributed by atoms with E-state index in [4.69, 9.17) is 10.5 Å². The molecule has 2 N–H and O–H groups in total. The summed E-state index contributed by atoms with van der Waals surface area (Å²) in [5.74, 6) is -2.11. The van der Waals surface area contributed by atoms with Gasteiger partial charge in [0.25, 0.3) is 0 Å². The summed E-state index contributed by atoms with van der Waals surface area (Å²) in [5.41, 5.74) is 6.05. The van der Waals surface area contributed by atoms with E-state index in [9.17, 15) is 18.4 Å². The van der Waals surface area contributed by atoms with Gasteiger partial charge in [-0.1, -0.05) is 6.07 Å². The first-order chi connectivity index (χ1) is 13.5. The zero-order valence-corrected chi connectivity index (χ0v) is 16.5. The number of ether oxygens (including phenoxy) is 1. The number of alkyl halides is 1. The number of anilines is 1. The molecule has 29 heavy (non-hydrogen) atoms. The molecule has 3 rings (SSSR count). The van der Waals surface area contributed by atoms with Crippen LogP contribution in [-0.4, -0.2) is 33.5 Å². The number of benzene rings is 1. The summed E-state index contributed by atoms with van der Waals surface area (Å²) in [6.07, 6.45) is 0.609. The van der Waals surface area contributed by atoms with Crippen molar-refractivity contribution in [1.29, 1.82) is 0 Å². The Labute approximate surface area is 167 Å². The molecule has 2 unspecified atom stereocenters. The van der Waals surface area contributed by atoms with E-state index in [1.807, 2.05) is 0 Å². The van der Waals surface area contributed by atoms with Crippen molar-refractivity contribution in [2.45, 2.75) is 57.7 Å². The van der Waals surface area contributed by atoms with Gasteiger partial charge in [0, 0.05) is 17.9 Å². The summed E-state index contributed by atoms with van der Waals surface area (Å²) in [5, 5.41) is 0. The Morgan fingerprint density at radius 3 is 2.66 bits per heavy atom. The molecule has 1 aromatic heterocycles. The number of carbonyl (C=O) groups is 2. The second kappa shape index (κ2) is 7.85. The van der Waals surface area contributed by atoms with Crippen molar-refractivity contribution in [2.75, 3.05) is 5.73 Å². The fraction of sp³-hybridized carbons (Fsp3) is 0.429. The van der Waals surface area contributed by atoms with Crippen LogP contribution in [0.5, 0.6) is 0 Å². The van der Waals surface area contributed by atoms with Gasteiger partial charge in [-0.15, -0.1) is 0 Å². The number of hydrogen-bond acceptors (Lipinski definition) is 6. The first kappa shape index (κ1) is 20.8. The fourth-order valence-corrected chi connectivity index (χ4v) is 3.22. The largest absolute Gasteiger partial charge is 0.456 e. The van der Waals surface area contributed by atoms with E-state index >= 15 is 0 Å². The zero-order valence-electron chi connectivity index (χ0n) is 16.5. The van der Waals surface area contributed by atoms with Crippen molar-refractivity contribution in [3.8, 4) is 11.3 Å². The van der Waals surface area contributed by atoms with Gasteiger partial charge >= 0.3 is 5.97 Å². The SMILES string of the molecule is CC(C)(C)OC(=O)c1ccc(-c2nc(C3CCC(=O)C(F)C3)cnc2N)cc1F. The Bertz CT molecular complexity index is 957. The minimum absolute atomic E-state index is 0.0445. The second-order valence-corrected chi connectivity index (χ2v) is 8.13. The van der Waals surface area contributed by atoms with Crippen molar-refractivity contribution in [3.05, 3.63) is 41.5 Å². The molecule has 2 atom stereocenters.